The van der Waals surface area contributed by atoms with Crippen molar-refractivity contribution < 1.29 is 0 Å². The van der Waals surface area contributed by atoms with Crippen LogP contribution in [0, 0.1) is 13.8 Å². The Morgan fingerprint density at radius 2 is 1.89 bits per heavy atom. The van der Waals surface area contributed by atoms with Crippen molar-refractivity contribution >= 4 is 0 Å². The Morgan fingerprint density at radius 1 is 1.21 bits per heavy atom. The molecular weight excluding hydrogens is 234 g/mol. The summed E-state index contributed by atoms with van der Waals surface area (Å²) < 4.78 is 2.02. The summed E-state index contributed by atoms with van der Waals surface area (Å²) in [5.74, 6) is 0. The van der Waals surface area contributed by atoms with Crippen LogP contribution in [0.5, 0.6) is 0 Å². The second-order valence-electron chi connectivity index (χ2n) is 5.22. The van der Waals surface area contributed by atoms with Crippen molar-refractivity contribution in [2.24, 2.45) is 0 Å². The second-order valence-corrected chi connectivity index (χ2v) is 5.22. The summed E-state index contributed by atoms with van der Waals surface area (Å²) in [6.07, 6.45) is 5.18. The van der Waals surface area contributed by atoms with Crippen LogP contribution in [-0.4, -0.2) is 16.8 Å². The standard InChI is InChI=1S/C16H23N3/c1-5-16(17-4)15-9-18-19(11-15)10-14-7-12(2)6-13(3)8-14/h6-9,11,16-17H,5,10H2,1-4H3. The summed E-state index contributed by atoms with van der Waals surface area (Å²) >= 11 is 0. The molecular formula is C16H23N3. The topological polar surface area (TPSA) is 29.9 Å². The molecule has 1 N–H and O–H groups in total. The van der Waals surface area contributed by atoms with Crippen LogP contribution in [0.25, 0.3) is 0 Å². The van der Waals surface area contributed by atoms with E-state index < -0.39 is 0 Å². The van der Waals surface area contributed by atoms with Crippen LogP contribution < -0.4 is 5.32 Å². The van der Waals surface area contributed by atoms with Gasteiger partial charge in [0, 0.05) is 17.8 Å². The van der Waals surface area contributed by atoms with E-state index in [1.807, 2.05) is 17.9 Å². The number of hydrogen-bond acceptors (Lipinski definition) is 2. The Kier molecular flexibility index (Phi) is 4.38. The van der Waals surface area contributed by atoms with Crippen molar-refractivity contribution in [2.45, 2.75) is 39.8 Å². The number of hydrogen-bond donors (Lipinski definition) is 1. The van der Waals surface area contributed by atoms with E-state index in [4.69, 9.17) is 0 Å². The molecule has 0 fully saturated rings. The van der Waals surface area contributed by atoms with Gasteiger partial charge in [0.05, 0.1) is 12.7 Å². The average molecular weight is 257 g/mol. The van der Waals surface area contributed by atoms with Crippen molar-refractivity contribution in [2.75, 3.05) is 7.05 Å². The smallest absolute Gasteiger partial charge is 0.0659 e. The van der Waals surface area contributed by atoms with Crippen LogP contribution >= 0.6 is 0 Å². The van der Waals surface area contributed by atoms with E-state index in [1.165, 1.54) is 22.3 Å². The lowest BCUT2D eigenvalue weighted by molar-refractivity contribution is 0.575. The number of rotatable bonds is 5. The Bertz CT molecular complexity index is 518. The fraction of sp³-hybridized carbons (Fsp3) is 0.438. The molecule has 0 aliphatic carbocycles. The number of nitrogens with zero attached hydrogens (tertiary/aromatic N) is 2. The van der Waals surface area contributed by atoms with Crippen LogP contribution in [0.3, 0.4) is 0 Å². The lowest BCUT2D eigenvalue weighted by Gasteiger charge is -2.10. The van der Waals surface area contributed by atoms with E-state index in [0.29, 0.717) is 6.04 Å². The first kappa shape index (κ1) is 13.8. The van der Waals surface area contributed by atoms with Crippen LogP contribution in [0.2, 0.25) is 0 Å². The van der Waals surface area contributed by atoms with Crippen molar-refractivity contribution in [1.29, 1.82) is 0 Å². The van der Waals surface area contributed by atoms with Gasteiger partial charge in [0.1, 0.15) is 0 Å². The molecule has 0 radical (unpaired) electrons. The zero-order chi connectivity index (χ0) is 13.8. The molecule has 3 heteroatoms. The van der Waals surface area contributed by atoms with E-state index in [-0.39, 0.29) is 0 Å². The van der Waals surface area contributed by atoms with Gasteiger partial charge in [0.2, 0.25) is 0 Å². The van der Waals surface area contributed by atoms with E-state index in [0.717, 1.165) is 13.0 Å². The summed E-state index contributed by atoms with van der Waals surface area (Å²) in [6.45, 7) is 7.30. The molecule has 19 heavy (non-hydrogen) atoms. The number of aryl methyl sites for hydroxylation is 2. The second kappa shape index (κ2) is 6.02. The van der Waals surface area contributed by atoms with E-state index >= 15 is 0 Å². The molecule has 2 rings (SSSR count). The van der Waals surface area contributed by atoms with E-state index in [9.17, 15) is 0 Å². The molecule has 0 saturated heterocycles. The maximum atomic E-state index is 4.46. The van der Waals surface area contributed by atoms with Crippen molar-refractivity contribution in [1.82, 2.24) is 15.1 Å². The van der Waals surface area contributed by atoms with Gasteiger partial charge < -0.3 is 5.32 Å². The largest absolute Gasteiger partial charge is 0.313 e. The van der Waals surface area contributed by atoms with Crippen molar-refractivity contribution in [3.8, 4) is 0 Å². The predicted octanol–water partition coefficient (Wildman–Crippen LogP) is 3.22. The fourth-order valence-corrected chi connectivity index (χ4v) is 2.60. The molecule has 1 heterocycles. The Labute approximate surface area is 115 Å². The quantitative estimate of drug-likeness (QED) is 0.891. The van der Waals surface area contributed by atoms with E-state index in [1.54, 1.807) is 0 Å². The highest BCUT2D eigenvalue weighted by molar-refractivity contribution is 5.28. The zero-order valence-corrected chi connectivity index (χ0v) is 12.3. The Hall–Kier alpha value is -1.61. The molecule has 1 aromatic carbocycles. The van der Waals surface area contributed by atoms with Gasteiger partial charge in [0.25, 0.3) is 0 Å². The highest BCUT2D eigenvalue weighted by Crippen LogP contribution is 2.16. The van der Waals surface area contributed by atoms with Gasteiger partial charge in [-0.3, -0.25) is 4.68 Å². The molecule has 0 saturated carbocycles. The molecule has 102 valence electrons. The third-order valence-electron chi connectivity index (χ3n) is 3.44. The highest BCUT2D eigenvalue weighted by Gasteiger charge is 2.09. The van der Waals surface area contributed by atoms with Gasteiger partial charge in [-0.25, -0.2) is 0 Å². The third-order valence-corrected chi connectivity index (χ3v) is 3.44. The van der Waals surface area contributed by atoms with Gasteiger partial charge in [-0.05, 0) is 32.9 Å². The molecule has 1 atom stereocenters. The number of nitrogens with one attached hydrogen (secondary N) is 1. The molecule has 0 bridgehead atoms. The minimum Gasteiger partial charge on any atom is -0.313 e. The minimum atomic E-state index is 0.396. The van der Waals surface area contributed by atoms with Crippen molar-refractivity contribution in [3.05, 3.63) is 52.8 Å². The summed E-state index contributed by atoms with van der Waals surface area (Å²) in [6, 6.07) is 7.05. The predicted molar refractivity (Wildman–Crippen MR) is 79.3 cm³/mol. The van der Waals surface area contributed by atoms with Crippen LogP contribution in [0.15, 0.2) is 30.6 Å². The highest BCUT2D eigenvalue weighted by atomic mass is 15.3. The molecule has 2 aromatic rings. The van der Waals surface area contributed by atoms with E-state index in [2.05, 4.69) is 55.6 Å². The fourth-order valence-electron chi connectivity index (χ4n) is 2.60. The first-order chi connectivity index (χ1) is 9.12. The Balaban J connectivity index is 2.15. The molecule has 0 spiro atoms. The summed E-state index contributed by atoms with van der Waals surface area (Å²) in [4.78, 5) is 0. The zero-order valence-electron chi connectivity index (χ0n) is 12.3. The normalized spacial score (nSPS) is 12.6. The van der Waals surface area contributed by atoms with Crippen LogP contribution in [-0.2, 0) is 6.54 Å². The maximum Gasteiger partial charge on any atom is 0.0659 e. The molecule has 0 amide bonds. The first-order valence-corrected chi connectivity index (χ1v) is 6.89. The number of benzene rings is 1. The lowest BCUT2D eigenvalue weighted by atomic mass is 10.1. The average Bonchev–Trinajstić information content (AvgIpc) is 2.78. The van der Waals surface area contributed by atoms with Gasteiger partial charge >= 0.3 is 0 Å². The molecule has 0 aliphatic rings. The maximum absolute atomic E-state index is 4.46. The van der Waals surface area contributed by atoms with Gasteiger partial charge in [-0.15, -0.1) is 0 Å². The van der Waals surface area contributed by atoms with Crippen LogP contribution in [0.1, 0.15) is 41.6 Å². The van der Waals surface area contributed by atoms with Crippen molar-refractivity contribution in [3.63, 3.8) is 0 Å². The van der Waals surface area contributed by atoms with Gasteiger partial charge in [-0.2, -0.15) is 5.10 Å². The van der Waals surface area contributed by atoms with Gasteiger partial charge in [0.15, 0.2) is 0 Å². The summed E-state index contributed by atoms with van der Waals surface area (Å²) in [7, 11) is 2.00. The Morgan fingerprint density at radius 3 is 2.47 bits per heavy atom. The van der Waals surface area contributed by atoms with Gasteiger partial charge in [-0.1, -0.05) is 36.2 Å². The molecule has 0 aliphatic heterocycles. The first-order valence-electron chi connectivity index (χ1n) is 6.89. The lowest BCUT2D eigenvalue weighted by Crippen LogP contribution is -2.14. The SMILES string of the molecule is CCC(NC)c1cnn(Cc2cc(C)cc(C)c2)c1. The monoisotopic (exact) mass is 257 g/mol. The third kappa shape index (κ3) is 3.44. The molecule has 1 unspecified atom stereocenters. The summed E-state index contributed by atoms with van der Waals surface area (Å²) in [5.41, 5.74) is 5.19. The van der Waals surface area contributed by atoms with Crippen LogP contribution in [0.4, 0.5) is 0 Å². The summed E-state index contributed by atoms with van der Waals surface area (Å²) in [5, 5.41) is 7.77. The molecule has 3 nitrogen and oxygen atoms in total. The minimum absolute atomic E-state index is 0.396. The number of aromatic nitrogens is 2. The molecule has 1 aromatic heterocycles.